The van der Waals surface area contributed by atoms with Gasteiger partial charge < -0.3 is 0 Å². The largest absolute Gasteiger partial charge is 0.600 e. The van der Waals surface area contributed by atoms with Crippen LogP contribution < -0.4 is 0 Å². The van der Waals surface area contributed by atoms with E-state index >= 15 is 0 Å². The third kappa shape index (κ3) is 3.07. The fourth-order valence-electron chi connectivity index (χ4n) is 2.89. The van der Waals surface area contributed by atoms with Crippen LogP contribution in [0.1, 0.15) is 49.0 Å². The first-order valence-corrected chi connectivity index (χ1v) is 8.39. The zero-order valence-electron chi connectivity index (χ0n) is 11.9. The van der Waals surface area contributed by atoms with Gasteiger partial charge in [0.25, 0.3) is 0 Å². The van der Waals surface area contributed by atoms with Gasteiger partial charge in [0.05, 0.1) is 10.5 Å². The van der Waals surface area contributed by atoms with E-state index in [1.807, 2.05) is 18.2 Å². The van der Waals surface area contributed by atoms with Gasteiger partial charge >= 0.3 is 5.51 Å². The van der Waals surface area contributed by atoms with Crippen molar-refractivity contribution < 1.29 is 13.2 Å². The van der Waals surface area contributed by atoms with Gasteiger partial charge in [0.1, 0.15) is 0 Å². The van der Waals surface area contributed by atoms with E-state index in [-0.39, 0.29) is 18.3 Å². The average molecular weight is 336 g/mol. The molecule has 0 radical (unpaired) electrons. The maximum atomic E-state index is 13.5. The van der Waals surface area contributed by atoms with Crippen LogP contribution in [0.5, 0.6) is 0 Å². The molecule has 0 N–H and O–H groups in total. The maximum absolute atomic E-state index is 13.5. The molecule has 5 heteroatoms. The van der Waals surface area contributed by atoms with Gasteiger partial charge in [0.15, 0.2) is 9.58 Å². The van der Waals surface area contributed by atoms with E-state index in [9.17, 15) is 13.2 Å². The normalized spacial score (nSPS) is 16.7. The van der Waals surface area contributed by atoms with Crippen LogP contribution in [0.4, 0.5) is 13.2 Å². The zero-order valence-corrected chi connectivity index (χ0v) is 13.5. The third-order valence-electron chi connectivity index (χ3n) is 4.11. The molecule has 0 spiro atoms. The van der Waals surface area contributed by atoms with Gasteiger partial charge in [-0.1, -0.05) is 25.8 Å². The molecule has 1 aromatic carbocycles. The highest BCUT2D eigenvalue weighted by Gasteiger charge is 2.50. The molecule has 2 aromatic rings. The summed E-state index contributed by atoms with van der Waals surface area (Å²) in [7, 11) is -1.69. The van der Waals surface area contributed by atoms with Crippen LogP contribution in [0.15, 0.2) is 24.3 Å². The van der Waals surface area contributed by atoms with Gasteiger partial charge in [0, 0.05) is 23.4 Å². The van der Waals surface area contributed by atoms with E-state index in [2.05, 4.69) is 6.92 Å². The summed E-state index contributed by atoms with van der Waals surface area (Å²) in [5.74, 6) is 0.155. The van der Waals surface area contributed by atoms with E-state index in [0.717, 1.165) is 43.1 Å². The summed E-state index contributed by atoms with van der Waals surface area (Å²) in [5.41, 5.74) is -3.12. The lowest BCUT2D eigenvalue weighted by molar-refractivity contribution is -0.0868. The standard InChI is InChI=1S/C16H18F3S.ClH/c1-2-4-11-7-8-13-10-15(12-5-3-6-12)20(14(13)9-11)16(17,18)19;/h7-10,12H,2-6H2,1H3;1H/q+1;. The molecule has 1 unspecified atom stereocenters. The maximum Gasteiger partial charge on any atom is 0.600 e. The summed E-state index contributed by atoms with van der Waals surface area (Å²) < 4.78 is 41.0. The molecule has 1 aromatic heterocycles. The number of aryl methyl sites for hydroxylation is 1. The van der Waals surface area contributed by atoms with Crippen LogP contribution in [0.25, 0.3) is 10.1 Å². The predicted octanol–water partition coefficient (Wildman–Crippen LogP) is 6.71. The van der Waals surface area contributed by atoms with Crippen molar-refractivity contribution in [3.8, 4) is 0 Å². The van der Waals surface area contributed by atoms with Crippen LogP contribution in [0.2, 0.25) is 0 Å². The summed E-state index contributed by atoms with van der Waals surface area (Å²) in [5, 5.41) is 0.785. The minimum Gasteiger partial charge on any atom is -0.147 e. The Hall–Kier alpha value is -0.740. The quantitative estimate of drug-likeness (QED) is 0.547. The van der Waals surface area contributed by atoms with Gasteiger partial charge in [-0.2, -0.15) is 0 Å². The van der Waals surface area contributed by atoms with E-state index in [1.165, 1.54) is 0 Å². The van der Waals surface area contributed by atoms with E-state index in [0.29, 0.717) is 9.58 Å². The highest BCUT2D eigenvalue weighted by molar-refractivity contribution is 7.38. The highest BCUT2D eigenvalue weighted by atomic mass is 35.5. The van der Waals surface area contributed by atoms with Crippen LogP contribution in [0.3, 0.4) is 0 Å². The molecule has 0 saturated heterocycles. The Morgan fingerprint density at radius 1 is 1.19 bits per heavy atom. The Morgan fingerprint density at radius 2 is 1.90 bits per heavy atom. The number of hydrogen-bond acceptors (Lipinski definition) is 0. The number of thiophene rings is 1. The van der Waals surface area contributed by atoms with E-state index in [1.54, 1.807) is 6.07 Å². The van der Waals surface area contributed by atoms with Crippen molar-refractivity contribution in [3.63, 3.8) is 0 Å². The number of alkyl halides is 3. The lowest BCUT2D eigenvalue weighted by Gasteiger charge is -2.21. The molecule has 1 atom stereocenters. The summed E-state index contributed by atoms with van der Waals surface area (Å²) in [6.45, 7) is 2.05. The van der Waals surface area contributed by atoms with Crippen LogP contribution in [-0.4, -0.2) is 0 Å². The second-order valence-corrected chi connectivity index (χ2v) is 7.54. The smallest absolute Gasteiger partial charge is 0.147 e. The van der Waals surface area contributed by atoms with Crippen molar-refractivity contribution in [2.45, 2.75) is 50.5 Å². The Balaban J connectivity index is 0.00000161. The molecule has 1 fully saturated rings. The van der Waals surface area contributed by atoms with Gasteiger partial charge in [0.2, 0.25) is 0 Å². The minimum atomic E-state index is -4.14. The second kappa shape index (κ2) is 6.17. The Labute approximate surface area is 131 Å². The molecule has 21 heavy (non-hydrogen) atoms. The lowest BCUT2D eigenvalue weighted by Crippen LogP contribution is -2.10. The van der Waals surface area contributed by atoms with Crippen molar-refractivity contribution in [2.75, 3.05) is 0 Å². The van der Waals surface area contributed by atoms with Crippen molar-refractivity contribution in [1.82, 2.24) is 0 Å². The van der Waals surface area contributed by atoms with Gasteiger partial charge in [-0.25, -0.2) is 0 Å². The summed E-state index contributed by atoms with van der Waals surface area (Å²) >= 11 is 0. The topological polar surface area (TPSA) is 0 Å². The van der Waals surface area contributed by atoms with Crippen LogP contribution in [-0.2, 0) is 11.9 Å². The van der Waals surface area contributed by atoms with Gasteiger partial charge in [-0.15, -0.1) is 25.6 Å². The van der Waals surface area contributed by atoms with E-state index < -0.39 is 16.0 Å². The summed E-state index contributed by atoms with van der Waals surface area (Å²) in [6, 6.07) is 7.45. The fourth-order valence-corrected chi connectivity index (χ4v) is 5.11. The first-order valence-electron chi connectivity index (χ1n) is 7.16. The molecule has 0 bridgehead atoms. The third-order valence-corrected chi connectivity index (χ3v) is 6.29. The molecule has 3 rings (SSSR count). The molecule has 0 amide bonds. The molecular formula is C16H19ClF3S+. The van der Waals surface area contributed by atoms with Crippen molar-refractivity contribution in [2.24, 2.45) is 0 Å². The summed E-state index contributed by atoms with van der Waals surface area (Å²) in [4.78, 5) is 0.632. The monoisotopic (exact) mass is 335 g/mol. The van der Waals surface area contributed by atoms with Crippen molar-refractivity contribution >= 4 is 33.0 Å². The molecule has 0 aliphatic heterocycles. The Kier molecular flexibility index (Phi) is 4.89. The number of hydrogen-bond donors (Lipinski definition) is 0. The fraction of sp³-hybridized carbons (Fsp3) is 0.500. The number of fused-ring (bicyclic) bond motifs is 1. The van der Waals surface area contributed by atoms with Crippen molar-refractivity contribution in [3.05, 3.63) is 34.7 Å². The second-order valence-electron chi connectivity index (χ2n) is 5.55. The SMILES string of the molecule is CCCc1ccc2cc(C3CCC3)[s+](C(F)(F)F)c2c1.Cl. The molecular weight excluding hydrogens is 317 g/mol. The Morgan fingerprint density at radius 3 is 2.43 bits per heavy atom. The van der Waals surface area contributed by atoms with Gasteiger partial charge in [-0.3, -0.25) is 0 Å². The number of rotatable bonds is 3. The first kappa shape index (κ1) is 16.6. The molecule has 1 aliphatic rings. The molecule has 1 saturated carbocycles. The Bertz CT molecular complexity index is 626. The first-order chi connectivity index (χ1) is 9.50. The molecule has 1 heterocycles. The minimum absolute atomic E-state index is 0. The molecule has 0 nitrogen and oxygen atoms in total. The average Bonchev–Trinajstić information content (AvgIpc) is 2.64. The number of halogens is 4. The van der Waals surface area contributed by atoms with E-state index in [4.69, 9.17) is 0 Å². The molecule has 1 aliphatic carbocycles. The van der Waals surface area contributed by atoms with Crippen LogP contribution >= 0.6 is 22.9 Å². The predicted molar refractivity (Wildman–Crippen MR) is 85.6 cm³/mol. The van der Waals surface area contributed by atoms with Gasteiger partial charge in [-0.05, 0) is 30.9 Å². The highest BCUT2D eigenvalue weighted by Crippen LogP contribution is 2.56. The lowest BCUT2D eigenvalue weighted by atomic mass is 9.84. The molecule has 116 valence electrons. The zero-order chi connectivity index (χ0) is 14.3. The summed E-state index contributed by atoms with van der Waals surface area (Å²) in [6.07, 6.45) is 4.71. The van der Waals surface area contributed by atoms with Crippen molar-refractivity contribution in [1.29, 1.82) is 0 Å². The number of benzene rings is 1. The van der Waals surface area contributed by atoms with Crippen LogP contribution in [0, 0.1) is 0 Å².